The molecule has 0 fully saturated rings. The minimum atomic E-state index is 0.886. The normalized spacial score (nSPS) is 11.7. The van der Waals surface area contributed by atoms with E-state index in [1.54, 1.807) is 0 Å². The second-order valence-corrected chi connectivity index (χ2v) is 12.0. The number of benzene rings is 7. The van der Waals surface area contributed by atoms with Crippen molar-refractivity contribution in [2.45, 2.75) is 0 Å². The maximum absolute atomic E-state index is 6.56. The number of nitrogens with zero attached hydrogens (tertiary/aromatic N) is 1. The highest BCUT2D eigenvalue weighted by Crippen LogP contribution is 2.45. The molecule has 9 aromatic rings. The lowest BCUT2D eigenvalue weighted by molar-refractivity contribution is 0.669. The average Bonchev–Trinajstić information content (AvgIpc) is 3.65. The van der Waals surface area contributed by atoms with Gasteiger partial charge < -0.3 is 9.32 Å². The molecular weight excluding hydrogens is 543 g/mol. The predicted molar refractivity (Wildman–Crippen MR) is 184 cm³/mol. The monoisotopic (exact) mass is 567 g/mol. The molecule has 3 heteroatoms. The molecule has 0 unspecified atom stereocenters. The standard InChI is InChI=1S/C40H25NOS/c1-2-9-26(10-3-1)27-17-20-29(21-18-27)41(35-15-8-14-33-32-13-6-7-16-36(32)42-40(33)35)30-22-24-37-34(25-30)39-31-12-5-4-11-28(31)19-23-38(39)43-37/h1-25H. The van der Waals surface area contributed by atoms with E-state index in [9.17, 15) is 0 Å². The number of para-hydroxylation sites is 2. The smallest absolute Gasteiger partial charge is 0.159 e. The van der Waals surface area contributed by atoms with E-state index in [-0.39, 0.29) is 0 Å². The second-order valence-electron chi connectivity index (χ2n) is 10.9. The molecular formula is C40H25NOS. The molecule has 0 saturated heterocycles. The molecule has 202 valence electrons. The van der Waals surface area contributed by atoms with Gasteiger partial charge in [0, 0.05) is 42.3 Å². The number of hydrogen-bond donors (Lipinski definition) is 0. The third-order valence-corrected chi connectivity index (χ3v) is 9.59. The van der Waals surface area contributed by atoms with Gasteiger partial charge in [0.25, 0.3) is 0 Å². The fourth-order valence-corrected chi connectivity index (χ4v) is 7.55. The first-order valence-electron chi connectivity index (χ1n) is 14.5. The molecule has 2 aromatic heterocycles. The minimum absolute atomic E-state index is 0.886. The number of hydrogen-bond acceptors (Lipinski definition) is 3. The Balaban J connectivity index is 1.30. The van der Waals surface area contributed by atoms with Gasteiger partial charge in [-0.05, 0) is 70.4 Å². The summed E-state index contributed by atoms with van der Waals surface area (Å²) in [5, 5.41) is 7.40. The summed E-state index contributed by atoms with van der Waals surface area (Å²) in [7, 11) is 0. The van der Waals surface area contributed by atoms with E-state index >= 15 is 0 Å². The molecule has 0 atom stereocenters. The Morgan fingerprint density at radius 2 is 1.16 bits per heavy atom. The van der Waals surface area contributed by atoms with Gasteiger partial charge in [0.1, 0.15) is 5.58 Å². The zero-order valence-electron chi connectivity index (χ0n) is 23.2. The van der Waals surface area contributed by atoms with Gasteiger partial charge in [-0.1, -0.05) is 103 Å². The molecule has 43 heavy (non-hydrogen) atoms. The highest BCUT2D eigenvalue weighted by atomic mass is 32.1. The van der Waals surface area contributed by atoms with E-state index in [0.717, 1.165) is 39.0 Å². The first-order valence-corrected chi connectivity index (χ1v) is 15.3. The maximum atomic E-state index is 6.56. The van der Waals surface area contributed by atoms with Gasteiger partial charge in [0.2, 0.25) is 0 Å². The highest BCUT2D eigenvalue weighted by Gasteiger charge is 2.20. The van der Waals surface area contributed by atoms with Crippen LogP contribution in [-0.4, -0.2) is 0 Å². The van der Waals surface area contributed by atoms with Gasteiger partial charge in [-0.25, -0.2) is 0 Å². The van der Waals surface area contributed by atoms with E-state index in [1.807, 2.05) is 23.5 Å². The van der Waals surface area contributed by atoms with Crippen LogP contribution in [0.15, 0.2) is 156 Å². The lowest BCUT2D eigenvalue weighted by Gasteiger charge is -2.26. The van der Waals surface area contributed by atoms with Crippen molar-refractivity contribution < 1.29 is 4.42 Å². The lowest BCUT2D eigenvalue weighted by atomic mass is 10.0. The first-order chi connectivity index (χ1) is 21.3. The molecule has 0 amide bonds. The van der Waals surface area contributed by atoms with E-state index < -0.39 is 0 Å². The summed E-state index contributed by atoms with van der Waals surface area (Å²) < 4.78 is 9.16. The van der Waals surface area contributed by atoms with Crippen LogP contribution in [0.1, 0.15) is 0 Å². The molecule has 2 nitrogen and oxygen atoms in total. The van der Waals surface area contributed by atoms with E-state index in [2.05, 4.69) is 144 Å². The van der Waals surface area contributed by atoms with Crippen molar-refractivity contribution in [3.63, 3.8) is 0 Å². The molecule has 0 bridgehead atoms. The Bertz CT molecular complexity index is 2450. The van der Waals surface area contributed by atoms with Crippen molar-refractivity contribution >= 4 is 81.3 Å². The number of furan rings is 1. The molecule has 0 spiro atoms. The predicted octanol–water partition coefficient (Wildman–Crippen LogP) is 12.2. The highest BCUT2D eigenvalue weighted by molar-refractivity contribution is 7.26. The summed E-state index contributed by atoms with van der Waals surface area (Å²) >= 11 is 1.86. The van der Waals surface area contributed by atoms with Crippen LogP contribution in [0.4, 0.5) is 17.1 Å². The van der Waals surface area contributed by atoms with Crippen LogP contribution in [0.25, 0.3) is 64.0 Å². The molecule has 0 aliphatic rings. The summed E-state index contributed by atoms with van der Waals surface area (Å²) in [4.78, 5) is 2.34. The summed E-state index contributed by atoms with van der Waals surface area (Å²) in [5.41, 5.74) is 7.38. The van der Waals surface area contributed by atoms with Crippen molar-refractivity contribution in [2.75, 3.05) is 4.90 Å². The quantitative estimate of drug-likeness (QED) is 0.210. The molecule has 9 rings (SSSR count). The molecule has 0 aliphatic heterocycles. The lowest BCUT2D eigenvalue weighted by Crippen LogP contribution is -2.10. The molecule has 0 saturated carbocycles. The Hall–Kier alpha value is -5.38. The summed E-state index contributed by atoms with van der Waals surface area (Å²) in [6.45, 7) is 0. The maximum Gasteiger partial charge on any atom is 0.159 e. The van der Waals surface area contributed by atoms with Gasteiger partial charge in [-0.2, -0.15) is 0 Å². The van der Waals surface area contributed by atoms with Crippen molar-refractivity contribution in [2.24, 2.45) is 0 Å². The average molecular weight is 568 g/mol. The largest absolute Gasteiger partial charge is 0.454 e. The van der Waals surface area contributed by atoms with Crippen molar-refractivity contribution in [1.29, 1.82) is 0 Å². The van der Waals surface area contributed by atoms with E-state index in [0.29, 0.717) is 0 Å². The molecule has 2 heterocycles. The van der Waals surface area contributed by atoms with Crippen molar-refractivity contribution in [3.05, 3.63) is 152 Å². The Kier molecular flexibility index (Phi) is 5.40. The van der Waals surface area contributed by atoms with Crippen LogP contribution in [0.3, 0.4) is 0 Å². The van der Waals surface area contributed by atoms with Gasteiger partial charge in [-0.15, -0.1) is 11.3 Å². The van der Waals surface area contributed by atoms with Crippen LogP contribution in [0, 0.1) is 0 Å². The van der Waals surface area contributed by atoms with Crippen molar-refractivity contribution in [1.82, 2.24) is 0 Å². The van der Waals surface area contributed by atoms with Gasteiger partial charge in [0.05, 0.1) is 5.69 Å². The Labute approximate surface area is 252 Å². The zero-order chi connectivity index (χ0) is 28.3. The second kappa shape index (κ2) is 9.59. The van der Waals surface area contributed by atoms with Crippen LogP contribution in [-0.2, 0) is 0 Å². The number of thiophene rings is 1. The Morgan fingerprint density at radius 1 is 0.465 bits per heavy atom. The van der Waals surface area contributed by atoms with Gasteiger partial charge in [-0.3, -0.25) is 0 Å². The third kappa shape index (κ3) is 3.86. The third-order valence-electron chi connectivity index (χ3n) is 8.46. The number of fused-ring (bicyclic) bond motifs is 8. The fourth-order valence-electron chi connectivity index (χ4n) is 6.44. The van der Waals surface area contributed by atoms with Crippen LogP contribution in [0.2, 0.25) is 0 Å². The minimum Gasteiger partial charge on any atom is -0.454 e. The topological polar surface area (TPSA) is 16.4 Å². The Morgan fingerprint density at radius 3 is 2.05 bits per heavy atom. The van der Waals surface area contributed by atoms with Crippen LogP contribution in [0.5, 0.6) is 0 Å². The van der Waals surface area contributed by atoms with Crippen LogP contribution < -0.4 is 4.90 Å². The first kappa shape index (κ1) is 24.2. The molecule has 0 aliphatic carbocycles. The molecule has 0 N–H and O–H groups in total. The van der Waals surface area contributed by atoms with Crippen molar-refractivity contribution in [3.8, 4) is 11.1 Å². The fraction of sp³-hybridized carbons (Fsp3) is 0. The van der Waals surface area contributed by atoms with Gasteiger partial charge >= 0.3 is 0 Å². The number of rotatable bonds is 4. The molecule has 7 aromatic carbocycles. The van der Waals surface area contributed by atoms with Gasteiger partial charge in [0.15, 0.2) is 5.58 Å². The van der Waals surface area contributed by atoms with E-state index in [4.69, 9.17) is 4.42 Å². The van der Waals surface area contributed by atoms with Crippen LogP contribution >= 0.6 is 11.3 Å². The SMILES string of the molecule is c1ccc(-c2ccc(N(c3ccc4sc5ccc6ccccc6c5c4c3)c3cccc4c3oc3ccccc34)cc2)cc1. The summed E-state index contributed by atoms with van der Waals surface area (Å²) in [6.07, 6.45) is 0. The van der Waals surface area contributed by atoms with E-state index in [1.165, 1.54) is 42.1 Å². The zero-order valence-corrected chi connectivity index (χ0v) is 24.0. The summed E-state index contributed by atoms with van der Waals surface area (Å²) in [5.74, 6) is 0. The summed E-state index contributed by atoms with van der Waals surface area (Å²) in [6, 6.07) is 54.2. The number of anilines is 3. The molecule has 0 radical (unpaired) electrons.